The molecule has 3 unspecified atom stereocenters. The lowest BCUT2D eigenvalue weighted by molar-refractivity contribution is -0.144. The van der Waals surface area contributed by atoms with Crippen LogP contribution in [0.4, 0.5) is 13.2 Å². The van der Waals surface area contributed by atoms with Gasteiger partial charge in [0.2, 0.25) is 5.91 Å². The van der Waals surface area contributed by atoms with Crippen molar-refractivity contribution in [1.82, 2.24) is 19.7 Å². The molecule has 1 amide bonds. The highest BCUT2D eigenvalue weighted by Gasteiger charge is 2.57. The van der Waals surface area contributed by atoms with Gasteiger partial charge >= 0.3 is 6.18 Å². The lowest BCUT2D eigenvalue weighted by Gasteiger charge is -2.40. The average molecular weight is 491 g/mol. The zero-order valence-corrected chi connectivity index (χ0v) is 20.5. The van der Waals surface area contributed by atoms with E-state index < -0.39 is 11.7 Å². The third-order valence-corrected chi connectivity index (χ3v) is 9.87. The summed E-state index contributed by atoms with van der Waals surface area (Å²) in [5.41, 5.74) is 0.223. The minimum Gasteiger partial charge on any atom is -0.337 e. The van der Waals surface area contributed by atoms with E-state index in [1.54, 1.807) is 0 Å². The molecule has 35 heavy (non-hydrogen) atoms. The summed E-state index contributed by atoms with van der Waals surface area (Å²) in [4.78, 5) is 25.3. The molecule has 3 atom stereocenters. The molecule has 0 aromatic carbocycles. The van der Waals surface area contributed by atoms with Gasteiger partial charge in [0.15, 0.2) is 0 Å². The number of hydrogen-bond acceptors (Lipinski definition) is 4. The molecule has 0 radical (unpaired) electrons. The second kappa shape index (κ2) is 9.02. The lowest BCUT2D eigenvalue weighted by atomic mass is 9.78. The van der Waals surface area contributed by atoms with Gasteiger partial charge < -0.3 is 14.7 Å². The maximum absolute atomic E-state index is 14.0. The molecular formula is C27H37F3N4O. The van der Waals surface area contributed by atoms with E-state index in [0.717, 1.165) is 57.4 Å². The van der Waals surface area contributed by atoms with Gasteiger partial charge in [0.1, 0.15) is 0 Å². The number of carbonyl (C=O) groups is 1. The van der Waals surface area contributed by atoms with Gasteiger partial charge in [-0.1, -0.05) is 6.42 Å². The highest BCUT2D eigenvalue weighted by molar-refractivity contribution is 5.84. The smallest absolute Gasteiger partial charge is 0.337 e. The highest BCUT2D eigenvalue weighted by atomic mass is 19.4. The van der Waals surface area contributed by atoms with Crippen LogP contribution in [0.2, 0.25) is 0 Å². The van der Waals surface area contributed by atoms with Crippen LogP contribution < -0.4 is 0 Å². The van der Waals surface area contributed by atoms with Crippen molar-refractivity contribution in [3.63, 3.8) is 0 Å². The largest absolute Gasteiger partial charge is 0.417 e. The summed E-state index contributed by atoms with van der Waals surface area (Å²) >= 11 is 0. The summed E-state index contributed by atoms with van der Waals surface area (Å²) in [6, 6.07) is 2.40. The molecule has 0 N–H and O–H groups in total. The molecular weight excluding hydrogens is 453 g/mol. The van der Waals surface area contributed by atoms with Crippen LogP contribution in [0.3, 0.4) is 0 Å². The van der Waals surface area contributed by atoms with E-state index in [4.69, 9.17) is 0 Å². The van der Waals surface area contributed by atoms with E-state index >= 15 is 0 Å². The Morgan fingerprint density at radius 1 is 0.971 bits per heavy atom. The molecule has 2 aliphatic carbocycles. The SMILES string of the molecule is O=C(N1CCc2ncc(C(F)(F)F)cc2C1)C12CCCC1CC(N1CCC(N3CCCC3)CC1)C2. The first-order valence-corrected chi connectivity index (χ1v) is 13.7. The van der Waals surface area contributed by atoms with Crippen LogP contribution in [-0.2, 0) is 23.9 Å². The average Bonchev–Trinajstić information content (AvgIpc) is 3.59. The van der Waals surface area contributed by atoms with Gasteiger partial charge in [-0.05, 0) is 95.1 Å². The maximum atomic E-state index is 14.0. The number of carbonyl (C=O) groups excluding carboxylic acids is 1. The Morgan fingerprint density at radius 3 is 2.46 bits per heavy atom. The van der Waals surface area contributed by atoms with Gasteiger partial charge in [-0.2, -0.15) is 13.2 Å². The van der Waals surface area contributed by atoms with Crippen LogP contribution in [-0.4, -0.2) is 70.4 Å². The Bertz CT molecular complexity index is 954. The third kappa shape index (κ3) is 4.28. The Hall–Kier alpha value is -1.67. The molecule has 192 valence electrons. The van der Waals surface area contributed by atoms with Crippen LogP contribution >= 0.6 is 0 Å². The quantitative estimate of drug-likeness (QED) is 0.626. The van der Waals surface area contributed by atoms with Gasteiger partial charge in [0.25, 0.3) is 0 Å². The van der Waals surface area contributed by atoms with Crippen molar-refractivity contribution in [2.75, 3.05) is 32.7 Å². The molecule has 5 aliphatic rings. The molecule has 6 rings (SSSR count). The van der Waals surface area contributed by atoms with E-state index in [1.807, 2.05) is 4.90 Å². The predicted molar refractivity (Wildman–Crippen MR) is 127 cm³/mol. The minimum atomic E-state index is -4.41. The summed E-state index contributed by atoms with van der Waals surface area (Å²) in [6.45, 7) is 5.59. The monoisotopic (exact) mass is 490 g/mol. The van der Waals surface area contributed by atoms with Crippen LogP contribution in [0, 0.1) is 11.3 Å². The molecule has 4 heterocycles. The van der Waals surface area contributed by atoms with Gasteiger partial charge in [0.05, 0.1) is 11.0 Å². The highest BCUT2D eigenvalue weighted by Crippen LogP contribution is 2.56. The lowest BCUT2D eigenvalue weighted by Crippen LogP contribution is -2.48. The maximum Gasteiger partial charge on any atom is 0.417 e. The number of piperidine rings is 1. The summed E-state index contributed by atoms with van der Waals surface area (Å²) in [5.74, 6) is 0.606. The molecule has 4 fully saturated rings. The van der Waals surface area contributed by atoms with Gasteiger partial charge in [-0.15, -0.1) is 0 Å². The van der Waals surface area contributed by atoms with Gasteiger partial charge in [-0.3, -0.25) is 9.78 Å². The fourth-order valence-corrected chi connectivity index (χ4v) is 8.03. The second-order valence-electron chi connectivity index (χ2n) is 11.7. The zero-order valence-electron chi connectivity index (χ0n) is 20.5. The fraction of sp³-hybridized carbons (Fsp3) is 0.778. The number of nitrogens with zero attached hydrogens (tertiary/aromatic N) is 4. The topological polar surface area (TPSA) is 39.7 Å². The fourth-order valence-electron chi connectivity index (χ4n) is 8.03. The zero-order chi connectivity index (χ0) is 24.2. The molecule has 2 saturated heterocycles. The number of pyridine rings is 1. The van der Waals surface area contributed by atoms with Crippen molar-refractivity contribution in [3.05, 3.63) is 29.1 Å². The minimum absolute atomic E-state index is 0.192. The molecule has 5 nitrogen and oxygen atoms in total. The number of halogens is 3. The molecule has 0 bridgehead atoms. The van der Waals surface area contributed by atoms with Crippen molar-refractivity contribution in [2.45, 2.75) is 89.0 Å². The number of fused-ring (bicyclic) bond motifs is 2. The van der Waals surface area contributed by atoms with E-state index in [1.165, 1.54) is 44.8 Å². The first kappa shape index (κ1) is 23.7. The van der Waals surface area contributed by atoms with Crippen molar-refractivity contribution >= 4 is 5.91 Å². The standard InChI is InChI=1S/C27H37F3N4O/c28-27(29,30)21-14-19-18-34(13-7-24(19)31-17-21)25(35)26-8-3-4-20(26)15-23(16-26)33-11-5-22(6-12-33)32-9-1-2-10-32/h14,17,20,22-23H,1-13,15-16,18H2. The van der Waals surface area contributed by atoms with Gasteiger partial charge in [-0.25, -0.2) is 0 Å². The summed E-state index contributed by atoms with van der Waals surface area (Å²) in [6.07, 6.45) is 7.35. The Labute approximate surface area is 206 Å². The van der Waals surface area contributed by atoms with Crippen LogP contribution in [0.25, 0.3) is 0 Å². The number of alkyl halides is 3. The normalized spacial score (nSPS) is 32.7. The van der Waals surface area contributed by atoms with Crippen LogP contribution in [0.1, 0.15) is 74.6 Å². The second-order valence-corrected chi connectivity index (χ2v) is 11.7. The Balaban J connectivity index is 1.14. The van der Waals surface area contributed by atoms with E-state index in [-0.39, 0.29) is 17.9 Å². The number of rotatable bonds is 3. The molecule has 1 aromatic rings. The van der Waals surface area contributed by atoms with Crippen molar-refractivity contribution < 1.29 is 18.0 Å². The summed E-state index contributed by atoms with van der Waals surface area (Å²) < 4.78 is 39.7. The summed E-state index contributed by atoms with van der Waals surface area (Å²) in [5, 5.41) is 0. The van der Waals surface area contributed by atoms with Crippen molar-refractivity contribution in [3.8, 4) is 0 Å². The Morgan fingerprint density at radius 2 is 1.71 bits per heavy atom. The number of aromatic nitrogens is 1. The van der Waals surface area contributed by atoms with E-state index in [2.05, 4.69) is 14.8 Å². The molecule has 8 heteroatoms. The molecule has 3 aliphatic heterocycles. The van der Waals surface area contributed by atoms with Crippen LogP contribution in [0.15, 0.2) is 12.3 Å². The molecule has 1 aromatic heterocycles. The van der Waals surface area contributed by atoms with Crippen molar-refractivity contribution in [2.24, 2.45) is 11.3 Å². The number of likely N-dealkylation sites (tertiary alicyclic amines) is 2. The molecule has 2 saturated carbocycles. The first-order valence-electron chi connectivity index (χ1n) is 13.7. The van der Waals surface area contributed by atoms with Gasteiger partial charge in [0, 0.05) is 43.5 Å². The third-order valence-electron chi connectivity index (χ3n) is 9.87. The van der Waals surface area contributed by atoms with E-state index in [0.29, 0.717) is 36.2 Å². The number of hydrogen-bond donors (Lipinski definition) is 0. The summed E-state index contributed by atoms with van der Waals surface area (Å²) in [7, 11) is 0. The Kier molecular flexibility index (Phi) is 6.11. The van der Waals surface area contributed by atoms with Crippen molar-refractivity contribution in [1.29, 1.82) is 0 Å². The van der Waals surface area contributed by atoms with E-state index in [9.17, 15) is 18.0 Å². The molecule has 0 spiro atoms. The first-order chi connectivity index (χ1) is 16.8. The van der Waals surface area contributed by atoms with Crippen LogP contribution in [0.5, 0.6) is 0 Å². The predicted octanol–water partition coefficient (Wildman–Crippen LogP) is 4.49. The number of amides is 1.